The van der Waals surface area contributed by atoms with E-state index < -0.39 is 10.8 Å². The highest BCUT2D eigenvalue weighted by Gasteiger charge is 2.42. The minimum Gasteiger partial charge on any atom is -0.365 e. The van der Waals surface area contributed by atoms with Crippen LogP contribution in [0.4, 0.5) is 21.5 Å². The number of non-ortho nitro benzene ring substituents is 1. The predicted octanol–water partition coefficient (Wildman–Crippen LogP) is 3.31. The van der Waals surface area contributed by atoms with Crippen LogP contribution in [-0.4, -0.2) is 41.5 Å². The average molecular weight is 461 g/mol. The van der Waals surface area contributed by atoms with Gasteiger partial charge in [-0.1, -0.05) is 18.2 Å². The van der Waals surface area contributed by atoms with Crippen molar-refractivity contribution in [3.8, 4) is 0 Å². The highest BCUT2D eigenvalue weighted by atomic mass is 19.1. The summed E-state index contributed by atoms with van der Waals surface area (Å²) < 4.78 is 14.5. The summed E-state index contributed by atoms with van der Waals surface area (Å²) >= 11 is 0. The van der Waals surface area contributed by atoms with E-state index >= 15 is 0 Å². The number of anilines is 2. The van der Waals surface area contributed by atoms with Crippen molar-refractivity contribution in [2.45, 2.75) is 19.0 Å². The number of fused-ring (bicyclic) bond motifs is 3. The van der Waals surface area contributed by atoms with Crippen LogP contribution in [0.2, 0.25) is 0 Å². The van der Waals surface area contributed by atoms with Crippen LogP contribution < -0.4 is 15.1 Å². The Bertz CT molecular complexity index is 1220. The lowest BCUT2D eigenvalue weighted by molar-refractivity contribution is -0.384. The van der Waals surface area contributed by atoms with E-state index in [1.807, 2.05) is 23.1 Å². The first kappa shape index (κ1) is 21.8. The molecule has 2 aromatic carbocycles. The molecule has 1 aromatic heterocycles. The Kier molecular flexibility index (Phi) is 5.83. The molecule has 3 heterocycles. The van der Waals surface area contributed by atoms with E-state index in [-0.39, 0.29) is 23.5 Å². The van der Waals surface area contributed by atoms with E-state index in [4.69, 9.17) is 0 Å². The van der Waals surface area contributed by atoms with Gasteiger partial charge in [0.1, 0.15) is 5.82 Å². The van der Waals surface area contributed by atoms with Gasteiger partial charge in [-0.2, -0.15) is 0 Å². The molecule has 1 fully saturated rings. The zero-order valence-corrected chi connectivity index (χ0v) is 18.4. The second-order valence-corrected chi connectivity index (χ2v) is 8.58. The van der Waals surface area contributed by atoms with Gasteiger partial charge < -0.3 is 15.1 Å². The van der Waals surface area contributed by atoms with Crippen molar-refractivity contribution in [3.63, 3.8) is 0 Å². The van der Waals surface area contributed by atoms with Gasteiger partial charge in [-0.05, 0) is 42.3 Å². The number of carbonyl (C=O) groups is 1. The molecule has 9 heteroatoms. The Morgan fingerprint density at radius 3 is 2.71 bits per heavy atom. The normalized spacial score (nSPS) is 19.2. The van der Waals surface area contributed by atoms with Crippen LogP contribution in [0.3, 0.4) is 0 Å². The Morgan fingerprint density at radius 1 is 1.12 bits per heavy atom. The number of halogens is 1. The molecule has 0 unspecified atom stereocenters. The van der Waals surface area contributed by atoms with Gasteiger partial charge in [0.25, 0.3) is 5.69 Å². The molecule has 1 N–H and O–H groups in total. The number of nitro groups is 1. The number of nitro benzene ring substituents is 1. The van der Waals surface area contributed by atoms with Crippen LogP contribution in [0.25, 0.3) is 0 Å². The van der Waals surface area contributed by atoms with E-state index in [1.54, 1.807) is 36.5 Å². The Labute approximate surface area is 196 Å². The lowest BCUT2D eigenvalue weighted by Gasteiger charge is -2.49. The summed E-state index contributed by atoms with van der Waals surface area (Å²) in [5, 5.41) is 14.3. The molecule has 2 aliphatic heterocycles. The minimum absolute atomic E-state index is 0.00911. The summed E-state index contributed by atoms with van der Waals surface area (Å²) in [6.07, 6.45) is 2.05. The van der Waals surface area contributed by atoms with Crippen molar-refractivity contribution in [1.29, 1.82) is 0 Å². The summed E-state index contributed by atoms with van der Waals surface area (Å²) in [7, 11) is 0. The fourth-order valence-corrected chi connectivity index (χ4v) is 4.96. The number of piperazine rings is 1. The first-order valence-corrected chi connectivity index (χ1v) is 11.2. The van der Waals surface area contributed by atoms with Crippen molar-refractivity contribution in [1.82, 2.24) is 10.3 Å². The third kappa shape index (κ3) is 4.16. The lowest BCUT2D eigenvalue weighted by atomic mass is 9.83. The number of rotatable bonds is 5. The van der Waals surface area contributed by atoms with Gasteiger partial charge >= 0.3 is 0 Å². The maximum absolute atomic E-state index is 14.5. The van der Waals surface area contributed by atoms with Crippen molar-refractivity contribution in [2.24, 2.45) is 5.92 Å². The number of aromatic nitrogens is 1. The maximum Gasteiger partial charge on any atom is 0.269 e. The Balaban J connectivity index is 1.45. The van der Waals surface area contributed by atoms with Crippen LogP contribution in [0.15, 0.2) is 66.9 Å². The number of amides is 1. The molecule has 5 rings (SSSR count). The van der Waals surface area contributed by atoms with Gasteiger partial charge in [-0.15, -0.1) is 0 Å². The second kappa shape index (κ2) is 9.09. The number of pyridine rings is 1. The quantitative estimate of drug-likeness (QED) is 0.463. The van der Waals surface area contributed by atoms with Crippen molar-refractivity contribution in [2.75, 3.05) is 29.4 Å². The molecule has 8 nitrogen and oxygen atoms in total. The molecule has 3 aromatic rings. The lowest BCUT2D eigenvalue weighted by Crippen LogP contribution is -2.61. The number of benzene rings is 2. The van der Waals surface area contributed by atoms with Gasteiger partial charge in [0.15, 0.2) is 0 Å². The van der Waals surface area contributed by atoms with Crippen molar-refractivity contribution in [3.05, 3.63) is 94.0 Å². The number of hydrogen-bond donors (Lipinski definition) is 1. The molecule has 2 aliphatic rings. The van der Waals surface area contributed by atoms with E-state index in [2.05, 4.69) is 15.2 Å². The minimum atomic E-state index is -0.451. The molecule has 0 saturated carbocycles. The molecular weight excluding hydrogens is 437 g/mol. The molecule has 34 heavy (non-hydrogen) atoms. The fraction of sp³-hybridized carbons (Fsp3) is 0.280. The van der Waals surface area contributed by atoms with Crippen LogP contribution in [0.5, 0.6) is 0 Å². The Hall–Kier alpha value is -4.01. The highest BCUT2D eigenvalue weighted by molar-refractivity contribution is 5.82. The monoisotopic (exact) mass is 461 g/mol. The third-order valence-electron chi connectivity index (χ3n) is 6.61. The summed E-state index contributed by atoms with van der Waals surface area (Å²) in [4.78, 5) is 32.7. The predicted molar refractivity (Wildman–Crippen MR) is 126 cm³/mol. The SMILES string of the molecule is O=C(NCc1ccccn1)[C@H]1Cc2cc([N+](=O)[O-])ccc2N2CCN(c3ccccc3F)C[C@@H]12. The van der Waals surface area contributed by atoms with Crippen LogP contribution in [-0.2, 0) is 17.8 Å². The number of nitrogens with zero attached hydrogens (tertiary/aromatic N) is 4. The summed E-state index contributed by atoms with van der Waals surface area (Å²) in [5.41, 5.74) is 2.95. The number of hydrogen-bond acceptors (Lipinski definition) is 6. The third-order valence-corrected chi connectivity index (χ3v) is 6.61. The topological polar surface area (TPSA) is 91.6 Å². The zero-order valence-electron chi connectivity index (χ0n) is 18.4. The highest BCUT2D eigenvalue weighted by Crippen LogP contribution is 2.39. The maximum atomic E-state index is 14.5. The summed E-state index contributed by atoms with van der Waals surface area (Å²) in [6.45, 7) is 1.92. The van der Waals surface area contributed by atoms with Crippen LogP contribution in [0, 0.1) is 21.8 Å². The van der Waals surface area contributed by atoms with E-state index in [0.717, 1.165) is 16.9 Å². The molecule has 0 aliphatic carbocycles. The van der Waals surface area contributed by atoms with Crippen molar-refractivity contribution < 1.29 is 14.1 Å². The van der Waals surface area contributed by atoms with E-state index in [9.17, 15) is 19.3 Å². The molecule has 0 radical (unpaired) electrons. The standard InChI is InChI=1S/C25H24FN5O3/c26-21-6-1-2-7-23(21)29-11-12-30-22-9-8-19(31(33)34)13-17(22)14-20(24(30)16-29)25(32)28-15-18-5-3-4-10-27-18/h1-10,13,20,24H,11-12,14-16H2,(H,28,32)/t20-,24-/m0/s1. The second-order valence-electron chi connectivity index (χ2n) is 8.58. The first-order chi connectivity index (χ1) is 16.5. The molecular formula is C25H24FN5O3. The van der Waals surface area contributed by atoms with Gasteiger partial charge in [0.05, 0.1) is 34.8 Å². The van der Waals surface area contributed by atoms with Gasteiger partial charge in [-0.3, -0.25) is 19.9 Å². The average Bonchev–Trinajstić information content (AvgIpc) is 2.87. The zero-order chi connectivity index (χ0) is 23.7. The molecule has 1 amide bonds. The molecule has 0 bridgehead atoms. The van der Waals surface area contributed by atoms with Gasteiger partial charge in [0, 0.05) is 43.7 Å². The first-order valence-electron chi connectivity index (χ1n) is 11.2. The van der Waals surface area contributed by atoms with E-state index in [1.165, 1.54) is 12.1 Å². The van der Waals surface area contributed by atoms with Crippen molar-refractivity contribution >= 4 is 23.0 Å². The molecule has 0 spiro atoms. The molecule has 174 valence electrons. The number of para-hydroxylation sites is 1. The molecule has 1 saturated heterocycles. The fourth-order valence-electron chi connectivity index (χ4n) is 4.96. The van der Waals surface area contributed by atoms with Crippen LogP contribution in [0.1, 0.15) is 11.3 Å². The number of nitrogens with one attached hydrogen (secondary N) is 1. The van der Waals surface area contributed by atoms with Gasteiger partial charge in [-0.25, -0.2) is 4.39 Å². The molecule has 2 atom stereocenters. The number of carbonyl (C=O) groups excluding carboxylic acids is 1. The van der Waals surface area contributed by atoms with Gasteiger partial charge in [0.2, 0.25) is 5.91 Å². The van der Waals surface area contributed by atoms with E-state index in [0.29, 0.717) is 38.3 Å². The summed E-state index contributed by atoms with van der Waals surface area (Å²) in [6, 6.07) is 16.8. The smallest absolute Gasteiger partial charge is 0.269 e. The largest absolute Gasteiger partial charge is 0.365 e. The Morgan fingerprint density at radius 2 is 1.94 bits per heavy atom. The summed E-state index contributed by atoms with van der Waals surface area (Å²) in [5.74, 6) is -0.889. The van der Waals surface area contributed by atoms with Crippen LogP contribution >= 0.6 is 0 Å².